The third kappa shape index (κ3) is 3.50. The van der Waals surface area contributed by atoms with Crippen LogP contribution in [-0.2, 0) is 0 Å². The second kappa shape index (κ2) is 7.06. The van der Waals surface area contributed by atoms with E-state index in [0.717, 1.165) is 30.6 Å². The molecule has 2 fully saturated rings. The fraction of sp³-hybridized carbons (Fsp3) is 0.444. The third-order valence-corrected chi connectivity index (χ3v) is 5.05. The molecule has 6 nitrogen and oxygen atoms in total. The Morgan fingerprint density at radius 3 is 2.60 bits per heavy atom. The molecule has 2 N–H and O–H groups in total. The van der Waals surface area contributed by atoms with Crippen molar-refractivity contribution in [1.29, 1.82) is 0 Å². The Hall–Kier alpha value is -2.05. The minimum absolute atomic E-state index is 0. The van der Waals surface area contributed by atoms with E-state index in [1.165, 1.54) is 17.2 Å². The van der Waals surface area contributed by atoms with Crippen LogP contribution in [0.4, 0.5) is 0 Å². The zero-order valence-corrected chi connectivity index (χ0v) is 15.0. The molecule has 2 saturated heterocycles. The summed E-state index contributed by atoms with van der Waals surface area (Å²) in [6, 6.07) is 9.95. The molecule has 0 radical (unpaired) electrons. The van der Waals surface area contributed by atoms with Crippen LogP contribution in [-0.4, -0.2) is 45.8 Å². The van der Waals surface area contributed by atoms with Crippen LogP contribution in [0.15, 0.2) is 35.1 Å². The molecule has 2 bridgehead atoms. The van der Waals surface area contributed by atoms with Gasteiger partial charge in [-0.1, -0.05) is 17.7 Å². The summed E-state index contributed by atoms with van der Waals surface area (Å²) in [6.07, 6.45) is 3.30. The van der Waals surface area contributed by atoms with Crippen molar-refractivity contribution >= 4 is 18.3 Å². The summed E-state index contributed by atoms with van der Waals surface area (Å²) in [7, 11) is 0. The van der Waals surface area contributed by atoms with E-state index >= 15 is 0 Å². The van der Waals surface area contributed by atoms with Crippen LogP contribution < -0.4 is 10.9 Å². The van der Waals surface area contributed by atoms with Gasteiger partial charge in [0.05, 0.1) is 5.69 Å². The number of H-pyrrole nitrogens is 1. The number of fused-ring (bicyclic) bond motifs is 2. The van der Waals surface area contributed by atoms with E-state index in [4.69, 9.17) is 0 Å². The van der Waals surface area contributed by atoms with Gasteiger partial charge in [-0.25, -0.2) is 4.68 Å². The number of aryl methyl sites for hydroxylation is 1. The Balaban J connectivity index is 0.00000182. The normalized spacial score (nSPS) is 22.4. The Kier molecular flexibility index (Phi) is 5.01. The fourth-order valence-electron chi connectivity index (χ4n) is 3.69. The number of benzene rings is 1. The predicted octanol–water partition coefficient (Wildman–Crippen LogP) is 1.86. The molecular weight excluding hydrogens is 340 g/mol. The van der Waals surface area contributed by atoms with Crippen LogP contribution in [0.5, 0.6) is 0 Å². The maximum absolute atomic E-state index is 12.8. The molecule has 2 aliphatic heterocycles. The Bertz CT molecular complexity index is 811. The number of hydrogen-bond acceptors (Lipinski definition) is 3. The first kappa shape index (κ1) is 17.8. The number of nitrogens with zero attached hydrogens (tertiary/aromatic N) is 2. The lowest BCUT2D eigenvalue weighted by Gasteiger charge is -2.23. The average Bonchev–Trinajstić information content (AvgIpc) is 3.10. The molecule has 134 valence electrons. The Morgan fingerprint density at radius 1 is 1.12 bits per heavy atom. The highest BCUT2D eigenvalue weighted by Gasteiger charge is 2.32. The highest BCUT2D eigenvalue weighted by molar-refractivity contribution is 5.92. The Labute approximate surface area is 152 Å². The second-order valence-electron chi connectivity index (χ2n) is 6.86. The molecule has 0 saturated carbocycles. The van der Waals surface area contributed by atoms with E-state index in [2.05, 4.69) is 10.4 Å². The number of hydrogen-bond donors (Lipinski definition) is 2. The lowest BCUT2D eigenvalue weighted by atomic mass is 10.1. The number of likely N-dealkylation sites (tertiary alicyclic amines) is 1. The van der Waals surface area contributed by atoms with Crippen molar-refractivity contribution in [2.24, 2.45) is 0 Å². The van der Waals surface area contributed by atoms with Gasteiger partial charge in [-0.3, -0.25) is 14.7 Å². The van der Waals surface area contributed by atoms with Gasteiger partial charge in [0.25, 0.3) is 11.5 Å². The summed E-state index contributed by atoms with van der Waals surface area (Å²) in [5.41, 5.74) is 2.01. The number of amides is 1. The van der Waals surface area contributed by atoms with E-state index in [1.54, 1.807) is 0 Å². The minimum atomic E-state index is -0.211. The largest absolute Gasteiger partial charge is 0.336 e. The molecule has 1 aromatic heterocycles. The average molecular weight is 363 g/mol. The van der Waals surface area contributed by atoms with Gasteiger partial charge in [0, 0.05) is 31.2 Å². The summed E-state index contributed by atoms with van der Waals surface area (Å²) >= 11 is 0. The third-order valence-electron chi connectivity index (χ3n) is 5.05. The van der Waals surface area contributed by atoms with E-state index in [9.17, 15) is 9.59 Å². The summed E-state index contributed by atoms with van der Waals surface area (Å²) in [5, 5.41) is 6.54. The van der Waals surface area contributed by atoms with Crippen molar-refractivity contribution in [3.05, 3.63) is 51.9 Å². The standard InChI is InChI=1S/C18H22N4O2.ClH/c1-12-2-6-15(7-3-12)22-17(23)10-16(20-22)18(24)21-9-8-13-4-5-14(11-21)19-13;/h2-3,6-7,10,13-14,19-20H,4-5,8-9,11H2,1H3;1H. The zero-order valence-electron chi connectivity index (χ0n) is 14.2. The maximum atomic E-state index is 12.8. The van der Waals surface area contributed by atoms with Gasteiger partial charge in [-0.05, 0) is 38.3 Å². The number of halogens is 1. The number of carbonyl (C=O) groups excluding carboxylic acids is 1. The molecular formula is C18H23ClN4O2. The van der Waals surface area contributed by atoms with Crippen molar-refractivity contribution < 1.29 is 4.79 Å². The van der Waals surface area contributed by atoms with Gasteiger partial charge in [-0.2, -0.15) is 0 Å². The predicted molar refractivity (Wildman–Crippen MR) is 98.8 cm³/mol. The van der Waals surface area contributed by atoms with E-state index in [1.807, 2.05) is 36.1 Å². The van der Waals surface area contributed by atoms with E-state index < -0.39 is 0 Å². The number of nitrogens with one attached hydrogen (secondary N) is 2. The topological polar surface area (TPSA) is 70.1 Å². The fourth-order valence-corrected chi connectivity index (χ4v) is 3.69. The number of aromatic amines is 1. The molecule has 2 aromatic rings. The molecule has 0 aliphatic carbocycles. The summed E-state index contributed by atoms with van der Waals surface area (Å²) < 4.78 is 1.43. The van der Waals surface area contributed by atoms with Crippen molar-refractivity contribution in [3.8, 4) is 5.69 Å². The molecule has 2 aliphatic rings. The molecule has 7 heteroatoms. The molecule has 0 spiro atoms. The smallest absolute Gasteiger partial charge is 0.272 e. The summed E-state index contributed by atoms with van der Waals surface area (Å²) in [4.78, 5) is 26.9. The quantitative estimate of drug-likeness (QED) is 0.856. The van der Waals surface area contributed by atoms with Gasteiger partial charge < -0.3 is 10.2 Å². The van der Waals surface area contributed by atoms with Gasteiger partial charge in [-0.15, -0.1) is 12.4 Å². The SMILES string of the molecule is Cc1ccc(-n2[nH]c(C(=O)N3CCC4CCC(C3)N4)cc2=O)cc1.Cl. The van der Waals surface area contributed by atoms with Crippen molar-refractivity contribution in [3.63, 3.8) is 0 Å². The van der Waals surface area contributed by atoms with Crippen LogP contribution in [0.3, 0.4) is 0 Å². The van der Waals surface area contributed by atoms with Crippen LogP contribution in [0, 0.1) is 6.92 Å². The molecule has 1 amide bonds. The van der Waals surface area contributed by atoms with Crippen LogP contribution in [0.2, 0.25) is 0 Å². The molecule has 2 atom stereocenters. The first-order valence-electron chi connectivity index (χ1n) is 8.54. The van der Waals surface area contributed by atoms with E-state index in [-0.39, 0.29) is 23.9 Å². The lowest BCUT2D eigenvalue weighted by Crippen LogP contribution is -2.39. The van der Waals surface area contributed by atoms with Gasteiger partial charge in [0.1, 0.15) is 5.69 Å². The maximum Gasteiger partial charge on any atom is 0.272 e. The van der Waals surface area contributed by atoms with E-state index in [0.29, 0.717) is 24.3 Å². The van der Waals surface area contributed by atoms with Crippen LogP contribution in [0.1, 0.15) is 35.3 Å². The second-order valence-corrected chi connectivity index (χ2v) is 6.86. The lowest BCUT2D eigenvalue weighted by molar-refractivity contribution is 0.0741. The first-order valence-corrected chi connectivity index (χ1v) is 8.54. The van der Waals surface area contributed by atoms with Crippen LogP contribution >= 0.6 is 12.4 Å². The number of rotatable bonds is 2. The van der Waals surface area contributed by atoms with Crippen LogP contribution in [0.25, 0.3) is 5.69 Å². The monoisotopic (exact) mass is 362 g/mol. The van der Waals surface area contributed by atoms with Crippen molar-refractivity contribution in [2.45, 2.75) is 38.3 Å². The van der Waals surface area contributed by atoms with Crippen molar-refractivity contribution in [2.75, 3.05) is 13.1 Å². The first-order chi connectivity index (χ1) is 11.6. The van der Waals surface area contributed by atoms with Gasteiger partial charge in [0.2, 0.25) is 0 Å². The highest BCUT2D eigenvalue weighted by Crippen LogP contribution is 2.21. The Morgan fingerprint density at radius 2 is 1.84 bits per heavy atom. The number of aromatic nitrogens is 2. The minimum Gasteiger partial charge on any atom is -0.336 e. The van der Waals surface area contributed by atoms with Gasteiger partial charge in [0.15, 0.2) is 0 Å². The molecule has 2 unspecified atom stereocenters. The molecule has 1 aromatic carbocycles. The molecule has 4 rings (SSSR count). The number of carbonyl (C=O) groups is 1. The summed E-state index contributed by atoms with van der Waals surface area (Å²) in [5.74, 6) is -0.0905. The van der Waals surface area contributed by atoms with Gasteiger partial charge >= 0.3 is 0 Å². The molecule has 3 heterocycles. The molecule has 25 heavy (non-hydrogen) atoms. The zero-order chi connectivity index (χ0) is 16.7. The van der Waals surface area contributed by atoms with Crippen molar-refractivity contribution in [1.82, 2.24) is 20.0 Å². The summed E-state index contributed by atoms with van der Waals surface area (Å²) in [6.45, 7) is 3.45. The highest BCUT2D eigenvalue weighted by atomic mass is 35.5.